The van der Waals surface area contributed by atoms with Gasteiger partial charge in [0.25, 0.3) is 0 Å². The Kier molecular flexibility index (Phi) is 5.03. The number of hydrogen-bond acceptors (Lipinski definition) is 5. The van der Waals surface area contributed by atoms with Crippen molar-refractivity contribution in [3.63, 3.8) is 0 Å². The summed E-state index contributed by atoms with van der Waals surface area (Å²) in [5.74, 6) is -0.226. The van der Waals surface area contributed by atoms with Crippen LogP contribution in [0.3, 0.4) is 0 Å². The van der Waals surface area contributed by atoms with Gasteiger partial charge in [0, 0.05) is 0 Å². The molecule has 21 heavy (non-hydrogen) atoms. The van der Waals surface area contributed by atoms with Crippen LogP contribution < -0.4 is 15.8 Å². The molecule has 1 saturated heterocycles. The highest BCUT2D eigenvalue weighted by molar-refractivity contribution is 5.73. The number of anilines is 1. The van der Waals surface area contributed by atoms with E-state index in [0.29, 0.717) is 19.0 Å². The second kappa shape index (κ2) is 6.78. The van der Waals surface area contributed by atoms with Gasteiger partial charge in [-0.1, -0.05) is 12.1 Å². The van der Waals surface area contributed by atoms with E-state index in [1.165, 1.54) is 0 Å². The molecule has 0 spiro atoms. The van der Waals surface area contributed by atoms with E-state index in [0.717, 1.165) is 5.69 Å². The predicted molar refractivity (Wildman–Crippen MR) is 79.1 cm³/mol. The Morgan fingerprint density at radius 3 is 2.71 bits per heavy atom. The molecule has 6 heteroatoms. The predicted octanol–water partition coefficient (Wildman–Crippen LogP) is 1.50. The van der Waals surface area contributed by atoms with E-state index in [-0.39, 0.29) is 25.0 Å². The summed E-state index contributed by atoms with van der Waals surface area (Å²) in [5.41, 5.74) is 5.95. The van der Waals surface area contributed by atoms with Crippen molar-refractivity contribution in [2.24, 2.45) is 5.73 Å². The maximum absolute atomic E-state index is 10.7. The van der Waals surface area contributed by atoms with Crippen LogP contribution in [-0.2, 0) is 14.3 Å². The number of nitrogens with two attached hydrogens (primary N) is 1. The summed E-state index contributed by atoms with van der Waals surface area (Å²) in [7, 11) is 0. The summed E-state index contributed by atoms with van der Waals surface area (Å²) in [5, 5.41) is 3.33. The minimum absolute atomic E-state index is 0.0546. The van der Waals surface area contributed by atoms with Crippen molar-refractivity contribution in [2.75, 3.05) is 25.1 Å². The van der Waals surface area contributed by atoms with E-state index < -0.39 is 5.79 Å². The first kappa shape index (κ1) is 15.6. The van der Waals surface area contributed by atoms with Crippen LogP contribution in [0.15, 0.2) is 24.3 Å². The number of hydrogen-bond donors (Lipinski definition) is 2. The lowest BCUT2D eigenvalue weighted by Crippen LogP contribution is -2.45. The smallest absolute Gasteiger partial charge is 0.220 e. The van der Waals surface area contributed by atoms with Crippen LogP contribution in [0.4, 0.5) is 5.69 Å². The molecule has 0 atom stereocenters. The van der Waals surface area contributed by atoms with Gasteiger partial charge in [-0.05, 0) is 26.0 Å². The molecule has 1 heterocycles. The summed E-state index contributed by atoms with van der Waals surface area (Å²) < 4.78 is 16.8. The Morgan fingerprint density at radius 2 is 2.05 bits per heavy atom. The molecule has 1 aromatic carbocycles. The number of nitrogens with one attached hydrogen (secondary N) is 1. The standard InChI is InChI=1S/C15H22N2O4/c1-15(2)20-9-11(10-21-15)17-12-5-3-4-6-13(12)19-8-7-14(16)18/h3-6,11,17H,7-10H2,1-2H3,(H2,16,18). The Balaban J connectivity index is 1.92. The van der Waals surface area contributed by atoms with Crippen molar-refractivity contribution in [3.8, 4) is 5.75 Å². The Hall–Kier alpha value is -1.79. The zero-order valence-corrected chi connectivity index (χ0v) is 12.4. The van der Waals surface area contributed by atoms with Gasteiger partial charge in [-0.3, -0.25) is 4.79 Å². The summed E-state index contributed by atoms with van der Waals surface area (Å²) in [6.07, 6.45) is 0.193. The molecule has 6 nitrogen and oxygen atoms in total. The Labute approximate surface area is 124 Å². The molecule has 1 aliphatic rings. The maximum atomic E-state index is 10.7. The quantitative estimate of drug-likeness (QED) is 0.831. The Bertz CT molecular complexity index is 480. The van der Waals surface area contributed by atoms with Crippen LogP contribution >= 0.6 is 0 Å². The number of rotatable bonds is 6. The molecule has 0 saturated carbocycles. The molecule has 0 aromatic heterocycles. The summed E-state index contributed by atoms with van der Waals surface area (Å²) >= 11 is 0. The normalized spacial score (nSPS) is 18.2. The topological polar surface area (TPSA) is 82.8 Å². The van der Waals surface area contributed by atoms with Crippen molar-refractivity contribution in [1.82, 2.24) is 0 Å². The van der Waals surface area contributed by atoms with E-state index in [9.17, 15) is 4.79 Å². The molecule has 116 valence electrons. The lowest BCUT2D eigenvalue weighted by Gasteiger charge is -2.35. The molecule has 3 N–H and O–H groups in total. The third-order valence-electron chi connectivity index (χ3n) is 3.12. The second-order valence-corrected chi connectivity index (χ2v) is 5.42. The largest absolute Gasteiger partial charge is 0.491 e. The minimum Gasteiger partial charge on any atom is -0.491 e. The lowest BCUT2D eigenvalue weighted by atomic mass is 10.2. The van der Waals surface area contributed by atoms with E-state index in [1.54, 1.807) is 0 Å². The lowest BCUT2D eigenvalue weighted by molar-refractivity contribution is -0.247. The summed E-state index contributed by atoms with van der Waals surface area (Å²) in [4.78, 5) is 10.7. The van der Waals surface area contributed by atoms with Crippen molar-refractivity contribution in [3.05, 3.63) is 24.3 Å². The van der Waals surface area contributed by atoms with Gasteiger partial charge in [0.05, 0.1) is 38.0 Å². The highest BCUT2D eigenvalue weighted by atomic mass is 16.7. The van der Waals surface area contributed by atoms with Gasteiger partial charge in [0.2, 0.25) is 5.91 Å². The molecule has 1 amide bonds. The zero-order chi connectivity index (χ0) is 15.3. The van der Waals surface area contributed by atoms with Crippen molar-refractivity contribution < 1.29 is 19.0 Å². The third-order valence-corrected chi connectivity index (χ3v) is 3.12. The minimum atomic E-state index is -0.532. The highest BCUT2D eigenvalue weighted by Crippen LogP contribution is 2.26. The molecule has 0 aliphatic carbocycles. The number of benzene rings is 1. The van der Waals surface area contributed by atoms with Gasteiger partial charge < -0.3 is 25.3 Å². The van der Waals surface area contributed by atoms with Crippen LogP contribution in [0.2, 0.25) is 0 Å². The number of carbonyl (C=O) groups is 1. The molecular formula is C15H22N2O4. The first-order valence-corrected chi connectivity index (χ1v) is 7.01. The van der Waals surface area contributed by atoms with Crippen LogP contribution in [0.5, 0.6) is 5.75 Å². The van der Waals surface area contributed by atoms with Gasteiger partial charge in [0.1, 0.15) is 5.75 Å². The van der Waals surface area contributed by atoms with Crippen LogP contribution in [0.1, 0.15) is 20.3 Å². The molecular weight excluding hydrogens is 272 g/mol. The first-order chi connectivity index (χ1) is 9.96. The molecule has 0 unspecified atom stereocenters. The third kappa shape index (κ3) is 4.91. The van der Waals surface area contributed by atoms with E-state index >= 15 is 0 Å². The fourth-order valence-electron chi connectivity index (χ4n) is 1.97. The van der Waals surface area contributed by atoms with Gasteiger partial charge in [-0.15, -0.1) is 0 Å². The van der Waals surface area contributed by atoms with Crippen LogP contribution in [-0.4, -0.2) is 37.6 Å². The summed E-state index contributed by atoms with van der Waals surface area (Å²) in [6.45, 7) is 5.16. The SMILES string of the molecule is CC1(C)OCC(Nc2ccccc2OCCC(N)=O)CO1. The fourth-order valence-corrected chi connectivity index (χ4v) is 1.97. The number of carbonyl (C=O) groups excluding carboxylic acids is 1. The molecule has 2 rings (SSSR count). The maximum Gasteiger partial charge on any atom is 0.220 e. The Morgan fingerprint density at radius 1 is 1.38 bits per heavy atom. The van der Waals surface area contributed by atoms with Gasteiger partial charge in [-0.25, -0.2) is 0 Å². The number of ether oxygens (including phenoxy) is 3. The monoisotopic (exact) mass is 294 g/mol. The van der Waals surface area contributed by atoms with Crippen LogP contribution in [0.25, 0.3) is 0 Å². The van der Waals surface area contributed by atoms with E-state index in [1.807, 2.05) is 38.1 Å². The van der Waals surface area contributed by atoms with Crippen molar-refractivity contribution in [2.45, 2.75) is 32.1 Å². The molecule has 1 aromatic rings. The first-order valence-electron chi connectivity index (χ1n) is 7.01. The summed E-state index contributed by atoms with van der Waals surface area (Å²) in [6, 6.07) is 7.61. The van der Waals surface area contributed by atoms with Crippen molar-refractivity contribution in [1.29, 1.82) is 0 Å². The number of para-hydroxylation sites is 2. The fraction of sp³-hybridized carbons (Fsp3) is 0.533. The van der Waals surface area contributed by atoms with Gasteiger partial charge in [-0.2, -0.15) is 0 Å². The number of primary amides is 1. The number of amides is 1. The highest BCUT2D eigenvalue weighted by Gasteiger charge is 2.28. The van der Waals surface area contributed by atoms with Crippen LogP contribution in [0, 0.1) is 0 Å². The molecule has 1 aliphatic heterocycles. The van der Waals surface area contributed by atoms with Crippen molar-refractivity contribution >= 4 is 11.6 Å². The second-order valence-electron chi connectivity index (χ2n) is 5.42. The van der Waals surface area contributed by atoms with E-state index in [4.69, 9.17) is 19.9 Å². The van der Waals surface area contributed by atoms with E-state index in [2.05, 4.69) is 5.32 Å². The van der Waals surface area contributed by atoms with Gasteiger partial charge in [0.15, 0.2) is 5.79 Å². The van der Waals surface area contributed by atoms with Gasteiger partial charge >= 0.3 is 0 Å². The molecule has 1 fully saturated rings. The average Bonchev–Trinajstić information content (AvgIpc) is 2.42. The molecule has 0 bridgehead atoms. The average molecular weight is 294 g/mol. The zero-order valence-electron chi connectivity index (χ0n) is 12.4. The molecule has 0 radical (unpaired) electrons.